The van der Waals surface area contributed by atoms with Crippen LogP contribution in [0.1, 0.15) is 13.3 Å². The highest BCUT2D eigenvalue weighted by Crippen LogP contribution is 2.28. The van der Waals surface area contributed by atoms with E-state index in [2.05, 4.69) is 5.32 Å². The molecule has 9 heteroatoms. The van der Waals surface area contributed by atoms with Gasteiger partial charge in [0.25, 0.3) is 5.69 Å². The predicted molar refractivity (Wildman–Crippen MR) is 78.8 cm³/mol. The number of sulfonamides is 1. The maximum atomic E-state index is 12.3. The first-order valence-electron chi connectivity index (χ1n) is 6.30. The summed E-state index contributed by atoms with van der Waals surface area (Å²) in [6.07, 6.45) is -0.297. The van der Waals surface area contributed by atoms with Crippen LogP contribution in [0.4, 0.5) is 11.4 Å². The van der Waals surface area contributed by atoms with Crippen molar-refractivity contribution in [1.29, 1.82) is 0 Å². The Bertz CT molecular complexity index is 615. The van der Waals surface area contributed by atoms with E-state index in [-0.39, 0.29) is 22.8 Å². The van der Waals surface area contributed by atoms with Gasteiger partial charge in [-0.2, -0.15) is 0 Å². The van der Waals surface area contributed by atoms with E-state index >= 15 is 0 Å². The van der Waals surface area contributed by atoms with Gasteiger partial charge in [0, 0.05) is 26.7 Å². The molecule has 0 fully saturated rings. The summed E-state index contributed by atoms with van der Waals surface area (Å²) in [5, 5.41) is 22.7. The van der Waals surface area contributed by atoms with Crippen LogP contribution in [0.5, 0.6) is 0 Å². The average molecular weight is 317 g/mol. The van der Waals surface area contributed by atoms with E-state index < -0.39 is 21.1 Å². The SMILES string of the molecule is CNc1cc(S(=O)(=O)N(C)CCC(C)O)ccc1[N+](=O)[O-]. The number of nitro groups is 1. The second kappa shape index (κ2) is 6.83. The van der Waals surface area contributed by atoms with Gasteiger partial charge in [0.05, 0.1) is 15.9 Å². The van der Waals surface area contributed by atoms with E-state index in [4.69, 9.17) is 0 Å². The molecule has 0 aliphatic rings. The molecule has 8 nitrogen and oxygen atoms in total. The van der Waals surface area contributed by atoms with Crippen LogP contribution < -0.4 is 5.32 Å². The summed E-state index contributed by atoms with van der Waals surface area (Å²) < 4.78 is 25.8. The number of benzene rings is 1. The third-order valence-corrected chi connectivity index (χ3v) is 4.86. The Balaban J connectivity index is 3.11. The summed E-state index contributed by atoms with van der Waals surface area (Å²) >= 11 is 0. The van der Waals surface area contributed by atoms with Crippen molar-refractivity contribution in [1.82, 2.24) is 4.31 Å². The zero-order valence-corrected chi connectivity index (χ0v) is 12.9. The first-order chi connectivity index (χ1) is 9.70. The number of rotatable bonds is 7. The minimum absolute atomic E-state index is 0.0365. The molecule has 0 spiro atoms. The van der Waals surface area contributed by atoms with Crippen LogP contribution >= 0.6 is 0 Å². The summed E-state index contributed by atoms with van der Waals surface area (Å²) in [5.41, 5.74) is -0.0620. The molecule has 0 saturated carbocycles. The molecule has 1 atom stereocenters. The second-order valence-corrected chi connectivity index (χ2v) is 6.70. The van der Waals surface area contributed by atoms with Crippen molar-refractivity contribution in [2.75, 3.05) is 26.0 Å². The van der Waals surface area contributed by atoms with Gasteiger partial charge in [-0.1, -0.05) is 0 Å². The Morgan fingerprint density at radius 2 is 2.10 bits per heavy atom. The van der Waals surface area contributed by atoms with Gasteiger partial charge in [0.2, 0.25) is 10.0 Å². The molecule has 1 unspecified atom stereocenters. The summed E-state index contributed by atoms with van der Waals surface area (Å²) in [5.74, 6) is 0. The lowest BCUT2D eigenvalue weighted by molar-refractivity contribution is -0.384. The molecule has 1 aromatic carbocycles. The number of anilines is 1. The van der Waals surface area contributed by atoms with E-state index in [9.17, 15) is 23.6 Å². The lowest BCUT2D eigenvalue weighted by Crippen LogP contribution is -2.29. The van der Waals surface area contributed by atoms with Gasteiger partial charge < -0.3 is 10.4 Å². The highest BCUT2D eigenvalue weighted by atomic mass is 32.2. The molecule has 2 N–H and O–H groups in total. The van der Waals surface area contributed by atoms with Crippen LogP contribution in [-0.2, 0) is 10.0 Å². The van der Waals surface area contributed by atoms with Gasteiger partial charge in [-0.3, -0.25) is 10.1 Å². The van der Waals surface area contributed by atoms with Gasteiger partial charge in [-0.05, 0) is 25.5 Å². The molecular formula is C12H19N3O5S. The Hall–Kier alpha value is -1.71. The van der Waals surface area contributed by atoms with Gasteiger partial charge in [0.15, 0.2) is 0 Å². The Morgan fingerprint density at radius 3 is 2.57 bits per heavy atom. The van der Waals surface area contributed by atoms with Crippen molar-refractivity contribution in [2.45, 2.75) is 24.3 Å². The van der Waals surface area contributed by atoms with E-state index in [0.717, 1.165) is 10.4 Å². The number of aliphatic hydroxyl groups is 1. The molecule has 0 aliphatic heterocycles. The highest BCUT2D eigenvalue weighted by Gasteiger charge is 2.24. The maximum absolute atomic E-state index is 12.3. The lowest BCUT2D eigenvalue weighted by atomic mass is 10.3. The van der Waals surface area contributed by atoms with Crippen LogP contribution in [-0.4, -0.2) is 49.5 Å². The molecule has 1 aromatic rings. The topological polar surface area (TPSA) is 113 Å². The van der Waals surface area contributed by atoms with E-state index in [1.54, 1.807) is 6.92 Å². The molecule has 0 radical (unpaired) electrons. The molecule has 0 aliphatic carbocycles. The number of hydrogen-bond donors (Lipinski definition) is 2. The van der Waals surface area contributed by atoms with Crippen molar-refractivity contribution < 1.29 is 18.4 Å². The average Bonchev–Trinajstić information content (AvgIpc) is 2.43. The van der Waals surface area contributed by atoms with Crippen molar-refractivity contribution in [3.63, 3.8) is 0 Å². The lowest BCUT2D eigenvalue weighted by Gasteiger charge is -2.18. The molecular weight excluding hydrogens is 298 g/mol. The molecule has 118 valence electrons. The fourth-order valence-electron chi connectivity index (χ4n) is 1.70. The largest absolute Gasteiger partial charge is 0.393 e. The number of nitro benzene ring substituents is 1. The van der Waals surface area contributed by atoms with Crippen molar-refractivity contribution >= 4 is 21.4 Å². The molecule has 0 bridgehead atoms. The fourth-order valence-corrected chi connectivity index (χ4v) is 2.92. The van der Waals surface area contributed by atoms with Gasteiger partial charge in [0.1, 0.15) is 5.69 Å². The molecule has 1 rings (SSSR count). The number of hydrogen-bond acceptors (Lipinski definition) is 6. The normalized spacial score (nSPS) is 13.2. The van der Waals surface area contributed by atoms with Crippen LogP contribution in [0.2, 0.25) is 0 Å². The Morgan fingerprint density at radius 1 is 1.48 bits per heavy atom. The quantitative estimate of drug-likeness (QED) is 0.573. The van der Waals surface area contributed by atoms with Crippen molar-refractivity contribution in [2.24, 2.45) is 0 Å². The minimum atomic E-state index is -3.75. The minimum Gasteiger partial charge on any atom is -0.393 e. The zero-order chi connectivity index (χ0) is 16.2. The first-order valence-corrected chi connectivity index (χ1v) is 7.74. The molecule has 0 amide bonds. The van der Waals surface area contributed by atoms with E-state index in [1.165, 1.54) is 26.2 Å². The molecule has 0 heterocycles. The number of aliphatic hydroxyl groups excluding tert-OH is 1. The highest BCUT2D eigenvalue weighted by molar-refractivity contribution is 7.89. The van der Waals surface area contributed by atoms with Crippen LogP contribution in [0.3, 0.4) is 0 Å². The first kappa shape index (κ1) is 17.3. The summed E-state index contributed by atoms with van der Waals surface area (Å²) in [6.45, 7) is 1.73. The van der Waals surface area contributed by atoms with Crippen LogP contribution in [0.25, 0.3) is 0 Å². The molecule has 21 heavy (non-hydrogen) atoms. The van der Waals surface area contributed by atoms with Gasteiger partial charge >= 0.3 is 0 Å². The van der Waals surface area contributed by atoms with Gasteiger partial charge in [-0.15, -0.1) is 0 Å². The van der Waals surface area contributed by atoms with Crippen molar-refractivity contribution in [3.8, 4) is 0 Å². The second-order valence-electron chi connectivity index (χ2n) is 4.65. The van der Waals surface area contributed by atoms with E-state index in [0.29, 0.717) is 6.42 Å². The summed E-state index contributed by atoms with van der Waals surface area (Å²) in [7, 11) is -0.867. The summed E-state index contributed by atoms with van der Waals surface area (Å²) in [4.78, 5) is 10.2. The Labute approximate surface area is 123 Å². The standard InChI is InChI=1S/C12H19N3O5S/c1-9(16)6-7-14(3)21(19,20)10-4-5-12(15(17)18)11(8-10)13-2/h4-5,8-9,13,16H,6-7H2,1-3H3. The molecule has 0 saturated heterocycles. The van der Waals surface area contributed by atoms with E-state index in [1.807, 2.05) is 0 Å². The third kappa shape index (κ3) is 4.13. The smallest absolute Gasteiger partial charge is 0.292 e. The Kier molecular flexibility index (Phi) is 5.64. The monoisotopic (exact) mass is 317 g/mol. The fraction of sp³-hybridized carbons (Fsp3) is 0.500. The summed E-state index contributed by atoms with van der Waals surface area (Å²) in [6, 6.07) is 3.58. The van der Waals surface area contributed by atoms with Crippen molar-refractivity contribution in [3.05, 3.63) is 28.3 Å². The van der Waals surface area contributed by atoms with Gasteiger partial charge in [-0.25, -0.2) is 12.7 Å². The van der Waals surface area contributed by atoms with Crippen LogP contribution in [0.15, 0.2) is 23.1 Å². The number of nitrogens with zero attached hydrogens (tertiary/aromatic N) is 2. The van der Waals surface area contributed by atoms with Crippen LogP contribution in [0, 0.1) is 10.1 Å². The zero-order valence-electron chi connectivity index (χ0n) is 12.1. The number of nitrogens with one attached hydrogen (secondary N) is 1. The third-order valence-electron chi connectivity index (χ3n) is 3.00. The predicted octanol–water partition coefficient (Wildman–Crippen LogP) is 1.03. The molecule has 0 aromatic heterocycles. The maximum Gasteiger partial charge on any atom is 0.292 e.